The highest BCUT2D eigenvalue weighted by Crippen LogP contribution is 2.13. The van der Waals surface area contributed by atoms with E-state index in [1.807, 2.05) is 11.4 Å². The predicted octanol–water partition coefficient (Wildman–Crippen LogP) is 2.38. The van der Waals surface area contributed by atoms with Crippen molar-refractivity contribution in [1.82, 2.24) is 9.97 Å². The molecule has 0 N–H and O–H groups in total. The molecule has 2 heterocycles. The highest BCUT2D eigenvalue weighted by molar-refractivity contribution is 7.12. The fraction of sp³-hybridized carbons (Fsp3) is 0.167. The Morgan fingerprint density at radius 2 is 2.00 bits per heavy atom. The van der Waals surface area contributed by atoms with Crippen LogP contribution < -0.4 is 0 Å². The Kier molecular flexibility index (Phi) is 3.72. The smallest absolute Gasteiger partial charge is 0.181 e. The number of ketones is 2. The Hall–Kier alpha value is -1.88. The zero-order valence-corrected chi connectivity index (χ0v) is 9.81. The summed E-state index contributed by atoms with van der Waals surface area (Å²) in [6, 6.07) is 5.14. The summed E-state index contributed by atoms with van der Waals surface area (Å²) < 4.78 is 0. The average molecular weight is 246 g/mol. The van der Waals surface area contributed by atoms with Gasteiger partial charge in [-0.1, -0.05) is 6.07 Å². The first-order valence-corrected chi connectivity index (χ1v) is 6.01. The van der Waals surface area contributed by atoms with Crippen molar-refractivity contribution in [2.45, 2.75) is 12.8 Å². The van der Waals surface area contributed by atoms with Crippen molar-refractivity contribution in [2.75, 3.05) is 0 Å². The summed E-state index contributed by atoms with van der Waals surface area (Å²) in [6.07, 6.45) is 3.26. The van der Waals surface area contributed by atoms with E-state index >= 15 is 0 Å². The van der Waals surface area contributed by atoms with Gasteiger partial charge in [-0.3, -0.25) is 9.59 Å². The van der Waals surface area contributed by atoms with Gasteiger partial charge >= 0.3 is 0 Å². The average Bonchev–Trinajstić information content (AvgIpc) is 2.90. The van der Waals surface area contributed by atoms with E-state index in [1.165, 1.54) is 23.9 Å². The summed E-state index contributed by atoms with van der Waals surface area (Å²) in [4.78, 5) is 31.6. The summed E-state index contributed by atoms with van der Waals surface area (Å²) in [5.74, 6) is -0.125. The quantitative estimate of drug-likeness (QED) is 0.760. The van der Waals surface area contributed by atoms with Gasteiger partial charge in [0.2, 0.25) is 0 Å². The van der Waals surface area contributed by atoms with Crippen molar-refractivity contribution >= 4 is 22.9 Å². The van der Waals surface area contributed by atoms with Crippen LogP contribution in [0.5, 0.6) is 0 Å². The van der Waals surface area contributed by atoms with Crippen LogP contribution in [0.15, 0.2) is 36.1 Å². The third kappa shape index (κ3) is 3.04. The van der Waals surface area contributed by atoms with Crippen molar-refractivity contribution in [3.05, 3.63) is 46.7 Å². The van der Waals surface area contributed by atoms with E-state index in [-0.39, 0.29) is 24.4 Å². The number of carbonyl (C=O) groups is 2. The fourth-order valence-corrected chi connectivity index (χ4v) is 2.07. The van der Waals surface area contributed by atoms with Gasteiger partial charge in [0.25, 0.3) is 0 Å². The number of aromatic nitrogens is 2. The van der Waals surface area contributed by atoms with E-state index in [2.05, 4.69) is 9.97 Å². The van der Waals surface area contributed by atoms with E-state index in [4.69, 9.17) is 0 Å². The van der Waals surface area contributed by atoms with Gasteiger partial charge in [0.15, 0.2) is 11.6 Å². The van der Waals surface area contributed by atoms with Crippen LogP contribution in [-0.4, -0.2) is 21.5 Å². The number of Topliss-reactive ketones (excluding diaryl/α,β-unsaturated/α-hetero) is 2. The van der Waals surface area contributed by atoms with Crippen molar-refractivity contribution in [1.29, 1.82) is 0 Å². The topological polar surface area (TPSA) is 59.9 Å². The lowest BCUT2D eigenvalue weighted by Gasteiger charge is -1.98. The highest BCUT2D eigenvalue weighted by atomic mass is 32.1. The molecule has 2 aromatic rings. The second-order valence-electron chi connectivity index (χ2n) is 3.42. The van der Waals surface area contributed by atoms with Crippen LogP contribution in [0.2, 0.25) is 0 Å². The van der Waals surface area contributed by atoms with Crippen LogP contribution >= 0.6 is 11.3 Å². The van der Waals surface area contributed by atoms with E-state index in [0.29, 0.717) is 10.6 Å². The number of nitrogens with zero attached hydrogens (tertiary/aromatic N) is 2. The van der Waals surface area contributed by atoms with Crippen LogP contribution in [0, 0.1) is 0 Å². The number of hydrogen-bond donors (Lipinski definition) is 0. The molecule has 5 heteroatoms. The molecule has 0 spiro atoms. The van der Waals surface area contributed by atoms with Crippen molar-refractivity contribution in [3.63, 3.8) is 0 Å². The number of thiophene rings is 1. The normalized spacial score (nSPS) is 10.1. The van der Waals surface area contributed by atoms with Gasteiger partial charge in [-0.15, -0.1) is 11.3 Å². The first-order valence-electron chi connectivity index (χ1n) is 5.13. The third-order valence-corrected chi connectivity index (χ3v) is 3.15. The Labute approximate surface area is 102 Å². The van der Waals surface area contributed by atoms with Crippen LogP contribution in [-0.2, 0) is 0 Å². The molecule has 0 amide bonds. The molecule has 0 saturated carbocycles. The molecule has 0 saturated heterocycles. The first-order chi connectivity index (χ1) is 8.27. The van der Waals surface area contributed by atoms with E-state index in [0.717, 1.165) is 0 Å². The van der Waals surface area contributed by atoms with Gasteiger partial charge in [-0.25, -0.2) is 9.97 Å². The standard InChI is InChI=1S/C12H10N2O2S/c15-10(9-5-6-13-8-14-9)3-4-11(16)12-2-1-7-17-12/h1-2,5-8H,3-4H2. The van der Waals surface area contributed by atoms with E-state index < -0.39 is 0 Å². The lowest BCUT2D eigenvalue weighted by Crippen LogP contribution is -2.05. The Bertz CT molecular complexity index is 509. The van der Waals surface area contributed by atoms with Crippen molar-refractivity contribution in [2.24, 2.45) is 0 Å². The largest absolute Gasteiger partial charge is 0.293 e. The molecule has 0 aromatic carbocycles. The maximum absolute atomic E-state index is 11.7. The molecule has 0 unspecified atom stereocenters. The molecule has 2 aromatic heterocycles. The predicted molar refractivity (Wildman–Crippen MR) is 64.2 cm³/mol. The minimum Gasteiger partial charge on any atom is -0.293 e. The molecular formula is C12H10N2O2S. The SMILES string of the molecule is O=C(CCC(=O)c1cccs1)c1ccncn1. The van der Waals surface area contributed by atoms with E-state index in [9.17, 15) is 9.59 Å². The molecule has 0 atom stereocenters. The molecule has 2 rings (SSSR count). The molecular weight excluding hydrogens is 236 g/mol. The first kappa shape index (κ1) is 11.6. The lowest BCUT2D eigenvalue weighted by atomic mass is 10.1. The molecule has 4 nitrogen and oxygen atoms in total. The van der Waals surface area contributed by atoms with Gasteiger partial charge in [0.05, 0.1) is 4.88 Å². The highest BCUT2D eigenvalue weighted by Gasteiger charge is 2.12. The summed E-state index contributed by atoms with van der Waals surface area (Å²) in [5.41, 5.74) is 0.360. The summed E-state index contributed by atoms with van der Waals surface area (Å²) in [6.45, 7) is 0. The molecule has 0 aliphatic carbocycles. The Balaban J connectivity index is 1.91. The van der Waals surface area contributed by atoms with Crippen molar-refractivity contribution < 1.29 is 9.59 Å². The Morgan fingerprint density at radius 3 is 2.65 bits per heavy atom. The lowest BCUT2D eigenvalue weighted by molar-refractivity contribution is 0.0917. The fourth-order valence-electron chi connectivity index (χ4n) is 1.37. The van der Waals surface area contributed by atoms with E-state index in [1.54, 1.807) is 12.1 Å². The second kappa shape index (κ2) is 5.45. The molecule has 0 aliphatic heterocycles. The third-order valence-electron chi connectivity index (χ3n) is 2.24. The number of carbonyl (C=O) groups excluding carboxylic acids is 2. The van der Waals surface area contributed by atoms with Gasteiger partial charge in [0, 0.05) is 19.0 Å². The molecule has 0 bridgehead atoms. The van der Waals surface area contributed by atoms with Gasteiger partial charge < -0.3 is 0 Å². The van der Waals surface area contributed by atoms with Crippen LogP contribution in [0.1, 0.15) is 33.0 Å². The summed E-state index contributed by atoms with van der Waals surface area (Å²) in [7, 11) is 0. The van der Waals surface area contributed by atoms with Gasteiger partial charge in [-0.05, 0) is 17.5 Å². The Morgan fingerprint density at radius 1 is 1.18 bits per heavy atom. The summed E-state index contributed by atoms with van der Waals surface area (Å²) in [5, 5.41) is 1.85. The molecule has 0 fully saturated rings. The number of hydrogen-bond acceptors (Lipinski definition) is 5. The van der Waals surface area contributed by atoms with Crippen molar-refractivity contribution in [3.8, 4) is 0 Å². The molecule has 0 aliphatic rings. The van der Waals surface area contributed by atoms with Gasteiger partial charge in [-0.2, -0.15) is 0 Å². The maximum atomic E-state index is 11.7. The number of rotatable bonds is 5. The zero-order chi connectivity index (χ0) is 12.1. The summed E-state index contributed by atoms with van der Waals surface area (Å²) >= 11 is 1.39. The van der Waals surface area contributed by atoms with Crippen LogP contribution in [0.4, 0.5) is 0 Å². The maximum Gasteiger partial charge on any atom is 0.181 e. The monoisotopic (exact) mass is 246 g/mol. The zero-order valence-electron chi connectivity index (χ0n) is 9.00. The minimum absolute atomic E-state index is 0.00223. The molecule has 17 heavy (non-hydrogen) atoms. The molecule has 0 radical (unpaired) electrons. The van der Waals surface area contributed by atoms with Crippen LogP contribution in [0.25, 0.3) is 0 Å². The van der Waals surface area contributed by atoms with Gasteiger partial charge in [0.1, 0.15) is 12.0 Å². The second-order valence-corrected chi connectivity index (χ2v) is 4.37. The molecule has 86 valence electrons. The minimum atomic E-state index is -0.127. The van der Waals surface area contributed by atoms with Crippen LogP contribution in [0.3, 0.4) is 0 Å².